The number of aromatic nitrogens is 2. The molecular weight excluding hydrogens is 328 g/mol. The number of hydrogen-bond acceptors (Lipinski definition) is 5. The monoisotopic (exact) mass is 346 g/mol. The molecule has 132 valence electrons. The van der Waals surface area contributed by atoms with Gasteiger partial charge >= 0.3 is 11.7 Å². The van der Waals surface area contributed by atoms with Gasteiger partial charge in [0.1, 0.15) is 12.4 Å². The van der Waals surface area contributed by atoms with Crippen LogP contribution in [0.15, 0.2) is 36.7 Å². The number of rotatable bonds is 8. The summed E-state index contributed by atoms with van der Waals surface area (Å²) in [5, 5.41) is 26.0. The van der Waals surface area contributed by atoms with Crippen molar-refractivity contribution in [1.82, 2.24) is 9.78 Å². The van der Waals surface area contributed by atoms with Gasteiger partial charge in [0, 0.05) is 18.7 Å². The molecule has 2 rings (SSSR count). The highest BCUT2D eigenvalue weighted by Crippen LogP contribution is 2.14. The molecule has 2 aromatic rings. The number of nitrogens with zero attached hydrogens (tertiary/aromatic N) is 3. The Bertz CT molecular complexity index is 769. The highest BCUT2D eigenvalue weighted by Gasteiger charge is 2.12. The number of carboxylic acids is 1. The average Bonchev–Trinajstić information content (AvgIpc) is 3.04. The minimum Gasteiger partial charge on any atom is -0.481 e. The number of aryl methyl sites for hydroxylation is 1. The van der Waals surface area contributed by atoms with Crippen LogP contribution in [0.3, 0.4) is 0 Å². The first-order valence-electron chi connectivity index (χ1n) is 7.63. The summed E-state index contributed by atoms with van der Waals surface area (Å²) in [4.78, 5) is 32.8. The van der Waals surface area contributed by atoms with Gasteiger partial charge in [-0.1, -0.05) is 19.1 Å². The Morgan fingerprint density at radius 2 is 2.04 bits per heavy atom. The zero-order valence-electron chi connectivity index (χ0n) is 13.6. The van der Waals surface area contributed by atoms with Crippen LogP contribution in [0.2, 0.25) is 0 Å². The van der Waals surface area contributed by atoms with Gasteiger partial charge in [-0.25, -0.2) is 0 Å². The molecule has 9 nitrogen and oxygen atoms in total. The molecule has 0 fully saturated rings. The van der Waals surface area contributed by atoms with Crippen LogP contribution in [0.1, 0.15) is 18.9 Å². The molecule has 0 aliphatic rings. The van der Waals surface area contributed by atoms with Gasteiger partial charge in [-0.05, 0) is 24.1 Å². The van der Waals surface area contributed by atoms with E-state index in [1.807, 2.05) is 0 Å². The second-order valence-corrected chi connectivity index (χ2v) is 5.66. The van der Waals surface area contributed by atoms with Crippen LogP contribution in [0.4, 0.5) is 11.4 Å². The van der Waals surface area contributed by atoms with Crippen molar-refractivity contribution in [2.24, 2.45) is 5.92 Å². The predicted octanol–water partition coefficient (Wildman–Crippen LogP) is 2.08. The van der Waals surface area contributed by atoms with Crippen LogP contribution in [0.25, 0.3) is 0 Å². The lowest BCUT2D eigenvalue weighted by atomic mass is 10.0. The van der Waals surface area contributed by atoms with Gasteiger partial charge in [0.05, 0.1) is 10.8 Å². The molecule has 1 heterocycles. The second-order valence-electron chi connectivity index (χ2n) is 5.66. The first-order valence-corrected chi connectivity index (χ1v) is 7.63. The van der Waals surface area contributed by atoms with Gasteiger partial charge in [0.2, 0.25) is 5.91 Å². The van der Waals surface area contributed by atoms with E-state index in [1.54, 1.807) is 31.2 Å². The molecule has 0 saturated heterocycles. The molecule has 1 unspecified atom stereocenters. The number of amides is 1. The third kappa shape index (κ3) is 5.41. The summed E-state index contributed by atoms with van der Waals surface area (Å²) in [6.07, 6.45) is 2.94. The minimum atomic E-state index is -0.851. The van der Waals surface area contributed by atoms with Crippen LogP contribution in [-0.4, -0.2) is 31.7 Å². The van der Waals surface area contributed by atoms with Crippen molar-refractivity contribution in [2.75, 3.05) is 5.32 Å². The van der Waals surface area contributed by atoms with E-state index in [-0.39, 0.29) is 24.6 Å². The number of nitro groups is 1. The number of aliphatic carboxylic acids is 1. The van der Waals surface area contributed by atoms with Crippen molar-refractivity contribution in [3.05, 3.63) is 52.3 Å². The molecule has 1 aromatic heterocycles. The molecule has 0 saturated carbocycles. The van der Waals surface area contributed by atoms with E-state index >= 15 is 0 Å². The Hall–Kier alpha value is -3.23. The number of hydrogen-bond donors (Lipinski definition) is 2. The molecule has 1 amide bonds. The quantitative estimate of drug-likeness (QED) is 0.556. The summed E-state index contributed by atoms with van der Waals surface area (Å²) >= 11 is 0. The van der Waals surface area contributed by atoms with Crippen molar-refractivity contribution in [1.29, 1.82) is 0 Å². The highest BCUT2D eigenvalue weighted by atomic mass is 16.6. The minimum absolute atomic E-state index is 0.119. The summed E-state index contributed by atoms with van der Waals surface area (Å²) in [5.74, 6) is -1.57. The number of benzene rings is 1. The van der Waals surface area contributed by atoms with Crippen LogP contribution in [0.5, 0.6) is 0 Å². The number of carbonyl (C=O) groups is 2. The maximum Gasteiger partial charge on any atom is 0.306 e. The summed E-state index contributed by atoms with van der Waals surface area (Å²) in [5.41, 5.74) is 1.35. The molecule has 25 heavy (non-hydrogen) atoms. The molecule has 0 spiro atoms. The van der Waals surface area contributed by atoms with E-state index in [9.17, 15) is 19.7 Å². The van der Waals surface area contributed by atoms with Crippen LogP contribution in [0, 0.1) is 16.0 Å². The lowest BCUT2D eigenvalue weighted by Gasteiger charge is -2.08. The van der Waals surface area contributed by atoms with Crippen LogP contribution in [-0.2, 0) is 22.6 Å². The van der Waals surface area contributed by atoms with E-state index in [1.165, 1.54) is 10.9 Å². The molecule has 1 aromatic carbocycles. The topological polar surface area (TPSA) is 127 Å². The standard InChI is InChI=1S/C16H18N4O5/c1-11(16(22)23)8-12-2-4-13(5-3-12)18-15(21)6-7-19-10-14(9-17-19)20(24)25/h2-5,9-11H,6-8H2,1H3,(H,18,21)(H,22,23). The zero-order valence-corrected chi connectivity index (χ0v) is 13.6. The lowest BCUT2D eigenvalue weighted by molar-refractivity contribution is -0.385. The second kappa shape index (κ2) is 8.04. The fourth-order valence-corrected chi connectivity index (χ4v) is 2.17. The number of carboxylic acid groups (broad SMARTS) is 1. The van der Waals surface area contributed by atoms with Crippen LogP contribution < -0.4 is 5.32 Å². The normalized spacial score (nSPS) is 11.7. The van der Waals surface area contributed by atoms with Gasteiger partial charge in [-0.2, -0.15) is 5.10 Å². The Kier molecular flexibility index (Phi) is 5.83. The molecule has 9 heteroatoms. The zero-order chi connectivity index (χ0) is 18.4. The SMILES string of the molecule is CC(Cc1ccc(NC(=O)CCn2cc([N+](=O)[O-])cn2)cc1)C(=O)O. The Morgan fingerprint density at radius 3 is 2.60 bits per heavy atom. The smallest absolute Gasteiger partial charge is 0.306 e. The predicted molar refractivity (Wildman–Crippen MR) is 89.1 cm³/mol. The van der Waals surface area contributed by atoms with Crippen molar-refractivity contribution in [2.45, 2.75) is 26.3 Å². The number of carbonyl (C=O) groups excluding carboxylic acids is 1. The van der Waals surface area contributed by atoms with E-state index < -0.39 is 16.8 Å². The van der Waals surface area contributed by atoms with Crippen molar-refractivity contribution in [3.63, 3.8) is 0 Å². The average molecular weight is 346 g/mol. The van der Waals surface area contributed by atoms with Gasteiger partial charge in [0.25, 0.3) is 0 Å². The van der Waals surface area contributed by atoms with Gasteiger partial charge in [0.15, 0.2) is 0 Å². The number of nitrogens with one attached hydrogen (secondary N) is 1. The van der Waals surface area contributed by atoms with E-state index in [0.717, 1.165) is 11.8 Å². The fourth-order valence-electron chi connectivity index (χ4n) is 2.17. The molecule has 0 bridgehead atoms. The van der Waals surface area contributed by atoms with Gasteiger partial charge < -0.3 is 10.4 Å². The molecule has 0 aliphatic heterocycles. The maximum atomic E-state index is 11.9. The molecule has 2 N–H and O–H groups in total. The van der Waals surface area contributed by atoms with E-state index in [0.29, 0.717) is 12.1 Å². The highest BCUT2D eigenvalue weighted by molar-refractivity contribution is 5.90. The molecule has 0 radical (unpaired) electrons. The largest absolute Gasteiger partial charge is 0.481 e. The number of anilines is 1. The Morgan fingerprint density at radius 1 is 1.36 bits per heavy atom. The first-order chi connectivity index (χ1) is 11.8. The third-order valence-electron chi connectivity index (χ3n) is 3.60. The Balaban J connectivity index is 1.83. The molecular formula is C16H18N4O5. The summed E-state index contributed by atoms with van der Waals surface area (Å²) in [6.45, 7) is 1.87. The van der Waals surface area contributed by atoms with Gasteiger partial charge in [-0.15, -0.1) is 0 Å². The van der Waals surface area contributed by atoms with E-state index in [4.69, 9.17) is 5.11 Å². The lowest BCUT2D eigenvalue weighted by Crippen LogP contribution is -2.15. The summed E-state index contributed by atoms with van der Waals surface area (Å²) < 4.78 is 1.34. The Labute approximate surface area is 143 Å². The molecule has 1 atom stereocenters. The molecule has 0 aliphatic carbocycles. The van der Waals surface area contributed by atoms with Gasteiger partial charge in [-0.3, -0.25) is 24.4 Å². The fraction of sp³-hybridized carbons (Fsp3) is 0.312. The maximum absolute atomic E-state index is 11.9. The van der Waals surface area contributed by atoms with E-state index in [2.05, 4.69) is 10.4 Å². The summed E-state index contributed by atoms with van der Waals surface area (Å²) in [6, 6.07) is 6.96. The third-order valence-corrected chi connectivity index (χ3v) is 3.60. The van der Waals surface area contributed by atoms with Crippen molar-refractivity contribution < 1.29 is 19.6 Å². The van der Waals surface area contributed by atoms with Crippen molar-refractivity contribution >= 4 is 23.3 Å². The first kappa shape index (κ1) is 18.1. The summed E-state index contributed by atoms with van der Waals surface area (Å²) in [7, 11) is 0. The van der Waals surface area contributed by atoms with Crippen molar-refractivity contribution in [3.8, 4) is 0 Å². The van der Waals surface area contributed by atoms with Crippen LogP contribution >= 0.6 is 0 Å².